The van der Waals surface area contributed by atoms with Crippen LogP contribution >= 0.6 is 0 Å². The molecule has 1 aromatic rings. The predicted molar refractivity (Wildman–Crippen MR) is 92.5 cm³/mol. The number of aliphatic hydroxyl groups is 1. The minimum Gasteiger partial charge on any atom is -0.391 e. The Morgan fingerprint density at radius 2 is 1.92 bits per heavy atom. The van der Waals surface area contributed by atoms with Gasteiger partial charge in [0, 0.05) is 26.3 Å². The molecular formula is C18H25N3O4. The van der Waals surface area contributed by atoms with Crippen molar-refractivity contribution in [2.24, 2.45) is 5.73 Å². The van der Waals surface area contributed by atoms with Crippen LogP contribution in [0.5, 0.6) is 0 Å². The van der Waals surface area contributed by atoms with E-state index in [1.54, 1.807) is 0 Å². The predicted octanol–water partition coefficient (Wildman–Crippen LogP) is -0.202. The number of rotatable bonds is 5. The molecule has 2 rings (SSSR count). The Labute approximate surface area is 147 Å². The van der Waals surface area contributed by atoms with Crippen LogP contribution < -0.4 is 11.1 Å². The van der Waals surface area contributed by atoms with Crippen molar-refractivity contribution in [3.63, 3.8) is 0 Å². The van der Waals surface area contributed by atoms with Crippen molar-refractivity contribution in [1.29, 1.82) is 0 Å². The topological polar surface area (TPSA) is 113 Å². The van der Waals surface area contributed by atoms with Crippen molar-refractivity contribution in [2.75, 3.05) is 6.54 Å². The Hall–Kier alpha value is -2.41. The fourth-order valence-electron chi connectivity index (χ4n) is 3.28. The van der Waals surface area contributed by atoms with E-state index in [1.807, 2.05) is 32.0 Å². The second kappa shape index (κ2) is 7.65. The standard InChI is InChI=1S/C18H25N3O4/c1-10-5-4-6-11(2)14(10)8-15(17(19)24)20-18(25)16-7-13(23)9-21(16)12(3)22/h4-6,13,15-16,23H,7-9H2,1-3H3,(H2,19,24)(H,20,25)/t13-,15+,16+/m1/s1. The van der Waals surface area contributed by atoms with Crippen LogP contribution in [0.1, 0.15) is 30.0 Å². The summed E-state index contributed by atoms with van der Waals surface area (Å²) < 4.78 is 0. The molecule has 1 heterocycles. The van der Waals surface area contributed by atoms with Gasteiger partial charge in [0.25, 0.3) is 0 Å². The maximum atomic E-state index is 12.6. The first-order valence-corrected chi connectivity index (χ1v) is 8.30. The number of amides is 3. The van der Waals surface area contributed by atoms with Crippen molar-refractivity contribution < 1.29 is 19.5 Å². The van der Waals surface area contributed by atoms with Crippen LogP contribution in [0, 0.1) is 13.8 Å². The van der Waals surface area contributed by atoms with Crippen molar-refractivity contribution in [1.82, 2.24) is 10.2 Å². The van der Waals surface area contributed by atoms with Crippen LogP contribution in [-0.4, -0.2) is 52.5 Å². The highest BCUT2D eigenvalue weighted by molar-refractivity contribution is 5.91. The third kappa shape index (κ3) is 4.36. The summed E-state index contributed by atoms with van der Waals surface area (Å²) in [6, 6.07) is 4.14. The quantitative estimate of drug-likeness (QED) is 0.684. The summed E-state index contributed by atoms with van der Waals surface area (Å²) in [4.78, 5) is 37.4. The number of hydrogen-bond donors (Lipinski definition) is 3. The van der Waals surface area contributed by atoms with Crippen molar-refractivity contribution >= 4 is 17.7 Å². The average molecular weight is 347 g/mol. The zero-order valence-electron chi connectivity index (χ0n) is 14.8. The number of nitrogens with two attached hydrogens (primary N) is 1. The summed E-state index contributed by atoms with van der Waals surface area (Å²) in [5.41, 5.74) is 8.46. The van der Waals surface area contributed by atoms with Crippen LogP contribution in [0.4, 0.5) is 0 Å². The molecular weight excluding hydrogens is 322 g/mol. The van der Waals surface area contributed by atoms with Gasteiger partial charge >= 0.3 is 0 Å². The van der Waals surface area contributed by atoms with Gasteiger partial charge in [0.2, 0.25) is 17.7 Å². The minimum atomic E-state index is -0.876. The number of aryl methyl sites for hydroxylation is 2. The summed E-state index contributed by atoms with van der Waals surface area (Å²) in [7, 11) is 0. The first-order valence-electron chi connectivity index (χ1n) is 8.30. The SMILES string of the molecule is CC(=O)N1C[C@H](O)C[C@H]1C(=O)N[C@@H](Cc1c(C)cccc1C)C(N)=O. The molecule has 1 aliphatic rings. The average Bonchev–Trinajstić information content (AvgIpc) is 2.92. The molecule has 3 atom stereocenters. The third-order valence-electron chi connectivity index (χ3n) is 4.70. The molecule has 0 aliphatic carbocycles. The van der Waals surface area contributed by atoms with Gasteiger partial charge in [-0.1, -0.05) is 18.2 Å². The lowest BCUT2D eigenvalue weighted by Crippen LogP contribution is -2.52. The minimum absolute atomic E-state index is 0.117. The summed E-state index contributed by atoms with van der Waals surface area (Å²) >= 11 is 0. The fourth-order valence-corrected chi connectivity index (χ4v) is 3.28. The lowest BCUT2D eigenvalue weighted by Gasteiger charge is -2.25. The number of carbonyl (C=O) groups excluding carboxylic acids is 3. The summed E-state index contributed by atoms with van der Waals surface area (Å²) in [6.45, 7) is 5.34. The number of β-amino-alcohol motifs (C(OH)–C–C–N with tert-alkyl or cyclic N) is 1. The first kappa shape index (κ1) is 18.9. The number of likely N-dealkylation sites (tertiary alicyclic amines) is 1. The first-order chi connectivity index (χ1) is 11.7. The number of benzene rings is 1. The maximum absolute atomic E-state index is 12.6. The lowest BCUT2D eigenvalue weighted by molar-refractivity contribution is -0.138. The molecule has 7 heteroatoms. The maximum Gasteiger partial charge on any atom is 0.243 e. The third-order valence-corrected chi connectivity index (χ3v) is 4.70. The van der Waals surface area contributed by atoms with E-state index < -0.39 is 30.0 Å². The van der Waals surface area contributed by atoms with E-state index in [-0.39, 0.29) is 25.3 Å². The smallest absolute Gasteiger partial charge is 0.243 e. The van der Waals surface area contributed by atoms with E-state index >= 15 is 0 Å². The molecule has 25 heavy (non-hydrogen) atoms. The molecule has 1 aromatic carbocycles. The second-order valence-corrected chi connectivity index (χ2v) is 6.61. The molecule has 4 N–H and O–H groups in total. The molecule has 3 amide bonds. The Morgan fingerprint density at radius 1 is 1.32 bits per heavy atom. The Bertz CT molecular complexity index is 669. The Morgan fingerprint density at radius 3 is 2.44 bits per heavy atom. The van der Waals surface area contributed by atoms with Crippen LogP contribution in [-0.2, 0) is 20.8 Å². The van der Waals surface area contributed by atoms with E-state index in [9.17, 15) is 19.5 Å². The molecule has 136 valence electrons. The highest BCUT2D eigenvalue weighted by Gasteiger charge is 2.38. The highest BCUT2D eigenvalue weighted by Crippen LogP contribution is 2.19. The van der Waals surface area contributed by atoms with Crippen molar-refractivity contribution in [3.05, 3.63) is 34.9 Å². The lowest BCUT2D eigenvalue weighted by atomic mass is 9.96. The van der Waals surface area contributed by atoms with Gasteiger partial charge in [-0.2, -0.15) is 0 Å². The number of nitrogens with zero attached hydrogens (tertiary/aromatic N) is 1. The summed E-state index contributed by atoms with van der Waals surface area (Å²) in [5, 5.41) is 12.4. The number of nitrogens with one attached hydrogen (secondary N) is 1. The van der Waals surface area contributed by atoms with Gasteiger partial charge in [-0.25, -0.2) is 0 Å². The second-order valence-electron chi connectivity index (χ2n) is 6.61. The zero-order valence-corrected chi connectivity index (χ0v) is 14.8. The molecule has 0 aromatic heterocycles. The van der Waals surface area contributed by atoms with Crippen LogP contribution in [0.2, 0.25) is 0 Å². The van der Waals surface area contributed by atoms with Gasteiger partial charge in [-0.05, 0) is 30.5 Å². The van der Waals surface area contributed by atoms with E-state index in [0.29, 0.717) is 0 Å². The molecule has 1 aliphatic heterocycles. The molecule has 0 saturated carbocycles. The largest absolute Gasteiger partial charge is 0.391 e. The molecule has 1 saturated heterocycles. The number of hydrogen-bond acceptors (Lipinski definition) is 4. The molecule has 1 fully saturated rings. The van der Waals surface area contributed by atoms with E-state index in [4.69, 9.17) is 5.73 Å². The van der Waals surface area contributed by atoms with E-state index in [0.717, 1.165) is 16.7 Å². The van der Waals surface area contributed by atoms with Gasteiger partial charge in [-0.3, -0.25) is 14.4 Å². The van der Waals surface area contributed by atoms with Crippen LogP contribution in [0.15, 0.2) is 18.2 Å². The van der Waals surface area contributed by atoms with Gasteiger partial charge < -0.3 is 21.1 Å². The van der Waals surface area contributed by atoms with Gasteiger partial charge in [0.05, 0.1) is 6.10 Å². The van der Waals surface area contributed by atoms with Crippen LogP contribution in [0.25, 0.3) is 0 Å². The fraction of sp³-hybridized carbons (Fsp3) is 0.500. The highest BCUT2D eigenvalue weighted by atomic mass is 16.3. The molecule has 0 bridgehead atoms. The van der Waals surface area contributed by atoms with Gasteiger partial charge in [-0.15, -0.1) is 0 Å². The number of aliphatic hydroxyl groups excluding tert-OH is 1. The zero-order chi connectivity index (χ0) is 18.7. The summed E-state index contributed by atoms with van der Waals surface area (Å²) in [5.74, 6) is -1.40. The summed E-state index contributed by atoms with van der Waals surface area (Å²) in [6.07, 6.45) is -0.305. The Balaban J connectivity index is 2.15. The van der Waals surface area contributed by atoms with E-state index in [1.165, 1.54) is 11.8 Å². The monoisotopic (exact) mass is 347 g/mol. The molecule has 0 unspecified atom stereocenters. The molecule has 7 nitrogen and oxygen atoms in total. The van der Waals surface area contributed by atoms with Crippen molar-refractivity contribution in [2.45, 2.75) is 51.8 Å². The normalized spacial score (nSPS) is 21.0. The molecule has 0 spiro atoms. The van der Waals surface area contributed by atoms with E-state index in [2.05, 4.69) is 5.32 Å². The number of carbonyl (C=O) groups is 3. The van der Waals surface area contributed by atoms with Gasteiger partial charge in [0.1, 0.15) is 12.1 Å². The van der Waals surface area contributed by atoms with Gasteiger partial charge in [0.15, 0.2) is 0 Å². The molecule has 0 radical (unpaired) electrons. The Kier molecular flexibility index (Phi) is 5.79. The van der Waals surface area contributed by atoms with Crippen LogP contribution in [0.3, 0.4) is 0 Å². The van der Waals surface area contributed by atoms with Crippen molar-refractivity contribution in [3.8, 4) is 0 Å². The number of primary amides is 1.